The Hall–Kier alpha value is -0.120. The van der Waals surface area contributed by atoms with Crippen LogP contribution in [-0.4, -0.2) is 36.4 Å². The van der Waals surface area contributed by atoms with Gasteiger partial charge in [-0.15, -0.1) is 0 Å². The fraction of sp³-hybridized carbons (Fsp3) is 1.00. The Labute approximate surface area is 111 Å². The second-order valence-electron chi connectivity index (χ2n) is 6.66. The minimum atomic E-state index is -0.00353. The summed E-state index contributed by atoms with van der Waals surface area (Å²) >= 11 is 0. The van der Waals surface area contributed by atoms with Crippen LogP contribution in [0, 0.1) is 11.8 Å². The van der Waals surface area contributed by atoms with Gasteiger partial charge < -0.3 is 15.7 Å². The molecule has 2 saturated carbocycles. The summed E-state index contributed by atoms with van der Waals surface area (Å²) in [5, 5.41) is 16.9. The van der Waals surface area contributed by atoms with Gasteiger partial charge in [0, 0.05) is 12.1 Å². The zero-order valence-electron chi connectivity index (χ0n) is 11.4. The smallest absolute Gasteiger partial charge is 0.0546 e. The maximum absolute atomic E-state index is 9.33. The number of hydrogen-bond acceptors (Lipinski definition) is 3. The van der Waals surface area contributed by atoms with Crippen molar-refractivity contribution in [3.8, 4) is 0 Å². The van der Waals surface area contributed by atoms with Gasteiger partial charge in [-0.25, -0.2) is 0 Å². The second-order valence-corrected chi connectivity index (χ2v) is 6.66. The van der Waals surface area contributed by atoms with Crippen LogP contribution in [0.5, 0.6) is 0 Å². The molecule has 18 heavy (non-hydrogen) atoms. The highest BCUT2D eigenvalue weighted by atomic mass is 16.3. The average molecular weight is 252 g/mol. The lowest BCUT2D eigenvalue weighted by molar-refractivity contribution is 0.0408. The zero-order valence-corrected chi connectivity index (χ0v) is 11.4. The number of aliphatic hydroxyl groups is 1. The first-order chi connectivity index (χ1) is 8.83. The molecule has 0 amide bonds. The highest BCUT2D eigenvalue weighted by Gasteiger charge is 2.35. The predicted molar refractivity (Wildman–Crippen MR) is 73.5 cm³/mol. The zero-order chi connectivity index (χ0) is 12.4. The molecule has 1 saturated heterocycles. The molecular weight excluding hydrogens is 224 g/mol. The first-order valence-corrected chi connectivity index (χ1v) is 7.98. The van der Waals surface area contributed by atoms with E-state index in [2.05, 4.69) is 10.6 Å². The molecule has 3 atom stereocenters. The minimum absolute atomic E-state index is 0.00353. The van der Waals surface area contributed by atoms with Crippen molar-refractivity contribution in [1.29, 1.82) is 0 Å². The Bertz CT molecular complexity index is 259. The van der Waals surface area contributed by atoms with Crippen molar-refractivity contribution < 1.29 is 5.11 Å². The molecule has 3 nitrogen and oxygen atoms in total. The van der Waals surface area contributed by atoms with Crippen molar-refractivity contribution in [1.82, 2.24) is 10.6 Å². The van der Waals surface area contributed by atoms with E-state index in [1.165, 1.54) is 45.1 Å². The van der Waals surface area contributed by atoms with Gasteiger partial charge in [0.2, 0.25) is 0 Å². The Kier molecular flexibility index (Phi) is 4.22. The molecule has 3 rings (SSSR count). The van der Waals surface area contributed by atoms with Crippen molar-refractivity contribution in [3.05, 3.63) is 0 Å². The normalized spacial score (nSPS) is 44.8. The van der Waals surface area contributed by atoms with E-state index in [0.29, 0.717) is 0 Å². The van der Waals surface area contributed by atoms with Crippen molar-refractivity contribution >= 4 is 0 Å². The third-order valence-corrected chi connectivity index (χ3v) is 5.31. The fourth-order valence-corrected chi connectivity index (χ4v) is 4.15. The number of nitrogens with one attached hydrogen (secondary N) is 2. The maximum Gasteiger partial charge on any atom is 0.0546 e. The Morgan fingerprint density at radius 3 is 2.67 bits per heavy atom. The van der Waals surface area contributed by atoms with Crippen LogP contribution in [-0.2, 0) is 0 Å². The molecule has 0 aromatic carbocycles. The Morgan fingerprint density at radius 1 is 1.06 bits per heavy atom. The van der Waals surface area contributed by atoms with Crippen LogP contribution in [0.25, 0.3) is 0 Å². The summed E-state index contributed by atoms with van der Waals surface area (Å²) < 4.78 is 0. The Morgan fingerprint density at radius 2 is 1.94 bits per heavy atom. The quantitative estimate of drug-likeness (QED) is 0.713. The van der Waals surface area contributed by atoms with E-state index in [4.69, 9.17) is 0 Å². The lowest BCUT2D eigenvalue weighted by atomic mass is 9.82. The molecule has 2 aliphatic carbocycles. The summed E-state index contributed by atoms with van der Waals surface area (Å²) in [5.41, 5.74) is 0. The number of aliphatic hydroxyl groups excluding tert-OH is 1. The monoisotopic (exact) mass is 252 g/mol. The summed E-state index contributed by atoms with van der Waals surface area (Å²) in [7, 11) is 0. The van der Waals surface area contributed by atoms with Gasteiger partial charge in [-0.3, -0.25) is 0 Å². The van der Waals surface area contributed by atoms with Gasteiger partial charge in [0.1, 0.15) is 0 Å². The van der Waals surface area contributed by atoms with Crippen LogP contribution < -0.4 is 10.6 Å². The third kappa shape index (κ3) is 2.89. The highest BCUT2D eigenvalue weighted by Crippen LogP contribution is 2.33. The molecule has 1 aliphatic heterocycles. The lowest BCUT2D eigenvalue weighted by Crippen LogP contribution is -2.48. The van der Waals surface area contributed by atoms with Gasteiger partial charge in [0.25, 0.3) is 0 Å². The molecule has 0 aromatic rings. The van der Waals surface area contributed by atoms with Crippen molar-refractivity contribution in [2.24, 2.45) is 11.8 Å². The largest absolute Gasteiger partial charge is 0.393 e. The van der Waals surface area contributed by atoms with Crippen LogP contribution in [0.3, 0.4) is 0 Å². The third-order valence-electron chi connectivity index (χ3n) is 5.31. The topological polar surface area (TPSA) is 44.3 Å². The summed E-state index contributed by atoms with van der Waals surface area (Å²) in [6.45, 7) is 2.35. The summed E-state index contributed by atoms with van der Waals surface area (Å²) in [6.07, 6.45) is 10.4. The van der Waals surface area contributed by atoms with Gasteiger partial charge in [-0.1, -0.05) is 12.8 Å². The minimum Gasteiger partial charge on any atom is -0.393 e. The Balaban J connectivity index is 1.45. The molecule has 3 N–H and O–H groups in total. The van der Waals surface area contributed by atoms with E-state index in [-0.39, 0.29) is 6.10 Å². The molecule has 0 bridgehead atoms. The van der Waals surface area contributed by atoms with Crippen LogP contribution in [0.15, 0.2) is 0 Å². The van der Waals surface area contributed by atoms with Crippen molar-refractivity contribution in [3.63, 3.8) is 0 Å². The van der Waals surface area contributed by atoms with Gasteiger partial charge in [-0.05, 0) is 63.5 Å². The lowest BCUT2D eigenvalue weighted by Gasteiger charge is -2.36. The highest BCUT2D eigenvalue weighted by molar-refractivity contribution is 4.93. The van der Waals surface area contributed by atoms with Crippen LogP contribution >= 0.6 is 0 Å². The van der Waals surface area contributed by atoms with Gasteiger partial charge in [0.05, 0.1) is 6.10 Å². The molecule has 0 spiro atoms. The maximum atomic E-state index is 9.33. The fourth-order valence-electron chi connectivity index (χ4n) is 4.15. The second kappa shape index (κ2) is 5.89. The summed E-state index contributed by atoms with van der Waals surface area (Å²) in [5.74, 6) is 1.59. The number of rotatable bonds is 4. The molecule has 104 valence electrons. The first kappa shape index (κ1) is 12.9. The molecular formula is C15H28N2O. The number of piperidine rings is 1. The van der Waals surface area contributed by atoms with Crippen LogP contribution in [0.1, 0.15) is 51.4 Å². The van der Waals surface area contributed by atoms with Crippen LogP contribution in [0.2, 0.25) is 0 Å². The molecule has 1 heterocycles. The van der Waals surface area contributed by atoms with Crippen LogP contribution in [0.4, 0.5) is 0 Å². The molecule has 0 radical (unpaired) electrons. The SMILES string of the molecule is OC1CC(CNC2CCCC2C2CCCCN2)C1. The van der Waals surface area contributed by atoms with Crippen molar-refractivity contribution in [2.45, 2.75) is 69.6 Å². The molecule has 3 heteroatoms. The first-order valence-electron chi connectivity index (χ1n) is 7.98. The van der Waals surface area contributed by atoms with E-state index in [0.717, 1.165) is 43.3 Å². The van der Waals surface area contributed by atoms with Gasteiger partial charge in [-0.2, -0.15) is 0 Å². The molecule has 0 aromatic heterocycles. The standard InChI is InChI=1S/C15H28N2O/c18-12-8-11(9-12)10-17-15-6-3-4-13(15)14-5-1-2-7-16-14/h11-18H,1-10H2. The molecule has 3 unspecified atom stereocenters. The van der Waals surface area contributed by atoms with Gasteiger partial charge in [0.15, 0.2) is 0 Å². The van der Waals surface area contributed by atoms with E-state index in [9.17, 15) is 5.11 Å². The predicted octanol–water partition coefficient (Wildman–Crippen LogP) is 1.66. The van der Waals surface area contributed by atoms with Gasteiger partial charge >= 0.3 is 0 Å². The van der Waals surface area contributed by atoms with E-state index in [1.54, 1.807) is 0 Å². The van der Waals surface area contributed by atoms with E-state index >= 15 is 0 Å². The summed E-state index contributed by atoms with van der Waals surface area (Å²) in [4.78, 5) is 0. The average Bonchev–Trinajstić information content (AvgIpc) is 2.82. The molecule has 3 fully saturated rings. The van der Waals surface area contributed by atoms with E-state index in [1.807, 2.05) is 0 Å². The van der Waals surface area contributed by atoms with Crippen molar-refractivity contribution in [2.75, 3.05) is 13.1 Å². The summed E-state index contributed by atoms with van der Waals surface area (Å²) in [6, 6.07) is 1.50. The number of hydrogen-bond donors (Lipinski definition) is 3. The molecule has 3 aliphatic rings. The van der Waals surface area contributed by atoms with E-state index < -0.39 is 0 Å².